The highest BCUT2D eigenvalue weighted by Crippen LogP contribution is 2.31. The third-order valence-corrected chi connectivity index (χ3v) is 3.18. The number of rotatable bonds is 3. The summed E-state index contributed by atoms with van der Waals surface area (Å²) in [5.41, 5.74) is 7.68. The van der Waals surface area contributed by atoms with Gasteiger partial charge in [-0.25, -0.2) is 4.90 Å². The molecule has 0 bridgehead atoms. The topological polar surface area (TPSA) is 63.4 Å². The molecule has 0 radical (unpaired) electrons. The highest BCUT2D eigenvalue weighted by atomic mass is 16.2. The summed E-state index contributed by atoms with van der Waals surface area (Å²) in [6.45, 7) is 9.43. The quantitative estimate of drug-likeness (QED) is 0.641. The number of carbonyl (C=O) groups excluding carboxylic acids is 2. The monoisotopic (exact) mass is 286 g/mol. The first-order valence-corrected chi connectivity index (χ1v) is 7.14. The Balaban J connectivity index is 0.00000106. The molecule has 0 aromatic carbocycles. The highest BCUT2D eigenvalue weighted by molar-refractivity contribution is 6.22. The van der Waals surface area contributed by atoms with Crippen LogP contribution in [0.5, 0.6) is 0 Å². The number of carbonyl (C=O) groups is 2. The molecule has 112 valence electrons. The van der Waals surface area contributed by atoms with Gasteiger partial charge in [-0.1, -0.05) is 38.7 Å². The van der Waals surface area contributed by atoms with Crippen LogP contribution in [0.3, 0.4) is 0 Å². The van der Waals surface area contributed by atoms with Crippen LogP contribution in [-0.4, -0.2) is 16.7 Å². The standard InChI is InChI=1S/C15H16N2O2.C2H6/c1-3-10(16)9-11(4-2)17-14(18)12-7-5-6-8-13(12)15(17)19;1-2/h3-5,7,9H,2,6,8,16H2,1H3;1-2H3/b10-3+,11-9+;. The molecule has 0 saturated heterocycles. The maximum Gasteiger partial charge on any atom is 0.265 e. The van der Waals surface area contributed by atoms with Gasteiger partial charge >= 0.3 is 0 Å². The molecule has 1 aliphatic carbocycles. The summed E-state index contributed by atoms with van der Waals surface area (Å²) in [5, 5.41) is 0. The van der Waals surface area contributed by atoms with Gasteiger partial charge in [-0.15, -0.1) is 0 Å². The molecule has 0 saturated carbocycles. The summed E-state index contributed by atoms with van der Waals surface area (Å²) in [7, 11) is 0. The van der Waals surface area contributed by atoms with E-state index in [4.69, 9.17) is 5.73 Å². The zero-order chi connectivity index (χ0) is 16.0. The fraction of sp³-hybridized carbons (Fsp3) is 0.294. The number of hydrogen-bond acceptors (Lipinski definition) is 3. The third-order valence-electron chi connectivity index (χ3n) is 3.18. The fourth-order valence-electron chi connectivity index (χ4n) is 2.14. The first kappa shape index (κ1) is 16.7. The molecule has 4 heteroatoms. The van der Waals surface area contributed by atoms with E-state index >= 15 is 0 Å². The Bertz CT molecular complexity index is 578. The molecule has 2 rings (SSSR count). The fourth-order valence-corrected chi connectivity index (χ4v) is 2.14. The lowest BCUT2D eigenvalue weighted by Crippen LogP contribution is -2.30. The van der Waals surface area contributed by atoms with Gasteiger partial charge in [-0.3, -0.25) is 9.59 Å². The Morgan fingerprint density at radius 2 is 2.00 bits per heavy atom. The summed E-state index contributed by atoms with van der Waals surface area (Å²) >= 11 is 0. The lowest BCUT2D eigenvalue weighted by atomic mass is 10.00. The van der Waals surface area contributed by atoms with Gasteiger partial charge in [-0.05, 0) is 31.9 Å². The Morgan fingerprint density at radius 1 is 1.33 bits per heavy atom. The van der Waals surface area contributed by atoms with Gasteiger partial charge in [0.25, 0.3) is 11.8 Å². The van der Waals surface area contributed by atoms with Crippen LogP contribution in [-0.2, 0) is 9.59 Å². The van der Waals surface area contributed by atoms with Crippen molar-refractivity contribution < 1.29 is 9.59 Å². The molecule has 21 heavy (non-hydrogen) atoms. The maximum absolute atomic E-state index is 12.3. The largest absolute Gasteiger partial charge is 0.399 e. The summed E-state index contributed by atoms with van der Waals surface area (Å²) in [6, 6.07) is 0. The second-order valence-electron chi connectivity index (χ2n) is 4.34. The van der Waals surface area contributed by atoms with E-state index in [1.165, 1.54) is 6.08 Å². The van der Waals surface area contributed by atoms with Gasteiger partial charge in [0.1, 0.15) is 0 Å². The average Bonchev–Trinajstić information content (AvgIpc) is 2.79. The zero-order valence-corrected chi connectivity index (χ0v) is 12.8. The highest BCUT2D eigenvalue weighted by Gasteiger charge is 2.38. The molecule has 0 atom stereocenters. The van der Waals surface area contributed by atoms with Gasteiger partial charge in [0.05, 0.1) is 5.70 Å². The molecule has 4 nitrogen and oxygen atoms in total. The van der Waals surface area contributed by atoms with Crippen molar-refractivity contribution in [2.24, 2.45) is 5.73 Å². The van der Waals surface area contributed by atoms with E-state index in [-0.39, 0.29) is 11.8 Å². The van der Waals surface area contributed by atoms with Crippen molar-refractivity contribution in [3.8, 4) is 0 Å². The molecule has 2 amide bonds. The van der Waals surface area contributed by atoms with Crippen molar-refractivity contribution in [3.63, 3.8) is 0 Å². The summed E-state index contributed by atoms with van der Waals surface area (Å²) in [4.78, 5) is 25.7. The zero-order valence-electron chi connectivity index (χ0n) is 12.8. The summed E-state index contributed by atoms with van der Waals surface area (Å²) in [6.07, 6.45) is 9.76. The van der Waals surface area contributed by atoms with Crippen LogP contribution < -0.4 is 5.73 Å². The summed E-state index contributed by atoms with van der Waals surface area (Å²) in [5.74, 6) is -0.564. The van der Waals surface area contributed by atoms with Crippen LogP contribution in [0.2, 0.25) is 0 Å². The second-order valence-corrected chi connectivity index (χ2v) is 4.34. The molecule has 0 spiro atoms. The Kier molecular flexibility index (Phi) is 5.91. The number of imide groups is 1. The van der Waals surface area contributed by atoms with Crippen molar-refractivity contribution in [2.45, 2.75) is 33.6 Å². The first-order valence-electron chi connectivity index (χ1n) is 7.14. The molecule has 0 aromatic heterocycles. The minimum Gasteiger partial charge on any atom is -0.399 e. The van der Waals surface area contributed by atoms with Gasteiger partial charge in [0, 0.05) is 16.8 Å². The van der Waals surface area contributed by atoms with E-state index in [0.29, 0.717) is 29.0 Å². The van der Waals surface area contributed by atoms with E-state index < -0.39 is 0 Å². The van der Waals surface area contributed by atoms with E-state index in [1.807, 2.05) is 19.9 Å². The molecule has 0 fully saturated rings. The Morgan fingerprint density at radius 3 is 2.52 bits per heavy atom. The SMILES string of the molecule is C=C/C(=C\C(N)=C/C)N1C(=O)C2=C(CCC=C2)C1=O.CC. The van der Waals surface area contributed by atoms with Gasteiger partial charge in [-0.2, -0.15) is 0 Å². The average molecular weight is 286 g/mol. The van der Waals surface area contributed by atoms with Crippen LogP contribution in [0.15, 0.2) is 59.5 Å². The first-order chi connectivity index (χ1) is 10.1. The minimum atomic E-state index is -0.300. The van der Waals surface area contributed by atoms with Crippen LogP contribution in [0.25, 0.3) is 0 Å². The number of hydrogen-bond donors (Lipinski definition) is 1. The van der Waals surface area contributed by atoms with Gasteiger partial charge < -0.3 is 5.73 Å². The molecule has 0 unspecified atom stereocenters. The van der Waals surface area contributed by atoms with Crippen LogP contribution in [0.1, 0.15) is 33.6 Å². The predicted molar refractivity (Wildman–Crippen MR) is 84.8 cm³/mol. The number of nitrogens with two attached hydrogens (primary N) is 1. The van der Waals surface area contributed by atoms with Gasteiger partial charge in [0.2, 0.25) is 0 Å². The smallest absolute Gasteiger partial charge is 0.265 e. The molecule has 2 N–H and O–H groups in total. The number of nitrogens with zero attached hydrogens (tertiary/aromatic N) is 1. The Hall–Kier alpha value is -2.36. The number of amides is 2. The Labute approximate surface area is 126 Å². The predicted octanol–water partition coefficient (Wildman–Crippen LogP) is 2.96. The number of allylic oxidation sites excluding steroid dienone is 4. The van der Waals surface area contributed by atoms with Crippen molar-refractivity contribution in [1.82, 2.24) is 4.90 Å². The molecule has 2 aliphatic rings. The van der Waals surface area contributed by atoms with Crippen LogP contribution >= 0.6 is 0 Å². The lowest BCUT2D eigenvalue weighted by Gasteiger charge is -2.16. The van der Waals surface area contributed by atoms with Crippen molar-refractivity contribution in [2.75, 3.05) is 0 Å². The van der Waals surface area contributed by atoms with Crippen LogP contribution in [0.4, 0.5) is 0 Å². The maximum atomic E-state index is 12.3. The van der Waals surface area contributed by atoms with Crippen LogP contribution in [0, 0.1) is 0 Å². The molecular formula is C17H22N2O2. The van der Waals surface area contributed by atoms with Gasteiger partial charge in [0.15, 0.2) is 0 Å². The third kappa shape index (κ3) is 3.21. The second kappa shape index (κ2) is 7.43. The molecule has 0 aromatic rings. The minimum absolute atomic E-state index is 0.264. The molecule has 1 aliphatic heterocycles. The normalized spacial score (nSPS) is 18.5. The van der Waals surface area contributed by atoms with E-state index in [0.717, 1.165) is 11.3 Å². The lowest BCUT2D eigenvalue weighted by molar-refractivity contribution is -0.134. The van der Waals surface area contributed by atoms with E-state index in [1.54, 1.807) is 25.2 Å². The molecular weight excluding hydrogens is 264 g/mol. The van der Waals surface area contributed by atoms with Crippen molar-refractivity contribution in [3.05, 3.63) is 59.5 Å². The van der Waals surface area contributed by atoms with E-state index in [9.17, 15) is 9.59 Å². The molecule has 1 heterocycles. The van der Waals surface area contributed by atoms with Crippen molar-refractivity contribution in [1.29, 1.82) is 0 Å². The van der Waals surface area contributed by atoms with Crippen molar-refractivity contribution >= 4 is 11.8 Å². The van der Waals surface area contributed by atoms with E-state index in [2.05, 4.69) is 6.58 Å². The summed E-state index contributed by atoms with van der Waals surface area (Å²) < 4.78 is 0.